The molecule has 49 heavy (non-hydrogen) atoms. The smallest absolute Gasteiger partial charge is 0.136 e. The van der Waals surface area contributed by atoms with Gasteiger partial charge in [-0.3, -0.25) is 4.79 Å². The van der Waals surface area contributed by atoms with Gasteiger partial charge in [-0.05, 0) is 158 Å². The monoisotopic (exact) mass is 672 g/mol. The van der Waals surface area contributed by atoms with Gasteiger partial charge in [0.15, 0.2) is 0 Å². The molecule has 6 atom stereocenters. The van der Waals surface area contributed by atoms with E-state index in [4.69, 9.17) is 0 Å². The van der Waals surface area contributed by atoms with Gasteiger partial charge in [0, 0.05) is 12.3 Å². The minimum atomic E-state index is 0.192. The van der Waals surface area contributed by atoms with Crippen LogP contribution in [0.1, 0.15) is 157 Å². The number of ketones is 1. The first-order valence-corrected chi connectivity index (χ1v) is 20.8. The van der Waals surface area contributed by atoms with Crippen LogP contribution in [0.3, 0.4) is 0 Å². The molecule has 0 aromatic carbocycles. The van der Waals surface area contributed by atoms with Crippen LogP contribution in [0.25, 0.3) is 0 Å². The van der Waals surface area contributed by atoms with Crippen LogP contribution in [0.5, 0.6) is 0 Å². The molecule has 276 valence electrons. The Kier molecular flexibility index (Phi) is 18.7. The number of unbranched alkanes of at least 4 members (excludes halogenated alkanes) is 7. The molecule has 3 aliphatic rings. The number of hydrogen-bond donors (Lipinski definition) is 0. The maximum atomic E-state index is 13.2. The highest BCUT2D eigenvalue weighted by Gasteiger charge is 2.50. The van der Waals surface area contributed by atoms with E-state index in [1.54, 1.807) is 5.57 Å². The summed E-state index contributed by atoms with van der Waals surface area (Å²) in [6, 6.07) is 0. The highest BCUT2D eigenvalue weighted by molar-refractivity contribution is 5.81. The van der Waals surface area contributed by atoms with Crippen LogP contribution in [-0.2, 0) is 4.79 Å². The van der Waals surface area contributed by atoms with Crippen LogP contribution in [0.15, 0.2) is 71.9 Å². The van der Waals surface area contributed by atoms with Crippen molar-refractivity contribution in [3.8, 4) is 0 Å². The van der Waals surface area contributed by atoms with Crippen LogP contribution in [0.2, 0.25) is 0 Å². The number of allylic oxidation sites excluding steroid dienone is 11. The van der Waals surface area contributed by atoms with Crippen molar-refractivity contribution in [3.63, 3.8) is 0 Å². The average molecular weight is 672 g/mol. The van der Waals surface area contributed by atoms with Gasteiger partial charge in [-0.15, -0.1) is 0 Å². The molecular weight excluding hydrogens is 595 g/mol. The van der Waals surface area contributed by atoms with E-state index in [2.05, 4.69) is 109 Å². The molecule has 0 aliphatic heterocycles. The van der Waals surface area contributed by atoms with Gasteiger partial charge in [0.25, 0.3) is 0 Å². The van der Waals surface area contributed by atoms with Gasteiger partial charge in [0.05, 0.1) is 0 Å². The van der Waals surface area contributed by atoms with Crippen LogP contribution < -0.4 is 0 Å². The number of nitrogens with zero attached hydrogens (tertiary/aromatic N) is 1. The zero-order chi connectivity index (χ0) is 35.6. The fourth-order valence-corrected chi connectivity index (χ4v) is 9.03. The van der Waals surface area contributed by atoms with Crippen molar-refractivity contribution in [3.05, 3.63) is 71.9 Å². The standard InChI is InChI=1S/C47H77NO/c1-37(2)38(3)26-27-40(5)44-32-33-45-41(24-23-34-47(44,45)6)30-31-42-36-43(29-28-39(42)4)46(49)25-21-19-17-15-13-11-9-10-12-14-16-18-20-22-35-48(7)8/h9,11-12,14,26-27,30-31,37-38,40,43-45H,4,10,13,15-25,28-29,32-36H2,1-3,5-8H3/b11-9+,14-12-,27-26+,41-30+,42-31+/t38-,40+,43-,44+,45?,47+/m0/s1. The quantitative estimate of drug-likeness (QED) is 0.0894. The van der Waals surface area contributed by atoms with Gasteiger partial charge in [-0.2, -0.15) is 0 Å². The first-order valence-electron chi connectivity index (χ1n) is 20.8. The van der Waals surface area contributed by atoms with E-state index in [-0.39, 0.29) is 5.92 Å². The molecule has 0 heterocycles. The summed E-state index contributed by atoms with van der Waals surface area (Å²) in [4.78, 5) is 15.5. The third kappa shape index (κ3) is 14.0. The molecule has 2 nitrogen and oxygen atoms in total. The highest BCUT2D eigenvalue weighted by atomic mass is 16.1. The van der Waals surface area contributed by atoms with Crippen molar-refractivity contribution >= 4 is 5.78 Å². The normalized spacial score (nSPS) is 27.9. The second-order valence-corrected chi connectivity index (χ2v) is 17.2. The predicted octanol–water partition coefficient (Wildman–Crippen LogP) is 13.4. The van der Waals surface area contributed by atoms with Gasteiger partial charge in [-0.1, -0.05) is 120 Å². The topological polar surface area (TPSA) is 20.3 Å². The van der Waals surface area contributed by atoms with E-state index < -0.39 is 0 Å². The van der Waals surface area contributed by atoms with Gasteiger partial charge in [0.2, 0.25) is 0 Å². The summed E-state index contributed by atoms with van der Waals surface area (Å²) >= 11 is 0. The van der Waals surface area contributed by atoms with Gasteiger partial charge in [-0.25, -0.2) is 0 Å². The number of hydrogen-bond acceptors (Lipinski definition) is 2. The largest absolute Gasteiger partial charge is 0.309 e. The zero-order valence-electron chi connectivity index (χ0n) is 33.3. The lowest BCUT2D eigenvalue weighted by Gasteiger charge is -2.44. The van der Waals surface area contributed by atoms with Crippen LogP contribution >= 0.6 is 0 Å². The van der Waals surface area contributed by atoms with E-state index in [1.165, 1.54) is 94.7 Å². The summed E-state index contributed by atoms with van der Waals surface area (Å²) in [5, 5.41) is 0. The van der Waals surface area contributed by atoms with Crippen molar-refractivity contribution < 1.29 is 4.79 Å². The van der Waals surface area contributed by atoms with E-state index >= 15 is 0 Å². The molecule has 0 radical (unpaired) electrons. The second-order valence-electron chi connectivity index (χ2n) is 17.2. The molecule has 1 unspecified atom stereocenters. The third-order valence-electron chi connectivity index (χ3n) is 12.7. The van der Waals surface area contributed by atoms with Crippen LogP contribution in [-0.4, -0.2) is 31.3 Å². The summed E-state index contributed by atoms with van der Waals surface area (Å²) in [5.41, 5.74) is 4.69. The Labute approximate surface area is 304 Å². The molecule has 0 N–H and O–H groups in total. The Morgan fingerprint density at radius 2 is 1.55 bits per heavy atom. The maximum absolute atomic E-state index is 13.2. The maximum Gasteiger partial charge on any atom is 0.136 e. The first-order chi connectivity index (χ1) is 23.5. The highest BCUT2D eigenvalue weighted by Crippen LogP contribution is 2.59. The molecule has 0 spiro atoms. The number of carbonyl (C=O) groups is 1. The number of fused-ring (bicyclic) bond motifs is 1. The minimum Gasteiger partial charge on any atom is -0.309 e. The Morgan fingerprint density at radius 3 is 2.24 bits per heavy atom. The molecule has 0 amide bonds. The Balaban J connectivity index is 1.37. The summed E-state index contributed by atoms with van der Waals surface area (Å²) < 4.78 is 0. The first kappa shape index (κ1) is 41.5. The summed E-state index contributed by atoms with van der Waals surface area (Å²) in [5.74, 6) is 4.17. The van der Waals surface area contributed by atoms with Crippen molar-refractivity contribution in [2.24, 2.45) is 40.9 Å². The molecule has 3 fully saturated rings. The Bertz CT molecular complexity index is 1150. The summed E-state index contributed by atoms with van der Waals surface area (Å²) in [6.45, 7) is 17.7. The molecule has 0 aromatic rings. The molecular formula is C47H77NO. The van der Waals surface area contributed by atoms with Gasteiger partial charge in [0.1, 0.15) is 5.78 Å². The van der Waals surface area contributed by atoms with Crippen molar-refractivity contribution in [1.82, 2.24) is 4.90 Å². The second kappa shape index (κ2) is 22.1. The molecule has 0 aromatic heterocycles. The lowest BCUT2D eigenvalue weighted by atomic mass is 9.61. The molecule has 3 aliphatic carbocycles. The van der Waals surface area contributed by atoms with Gasteiger partial charge < -0.3 is 4.90 Å². The van der Waals surface area contributed by atoms with E-state index in [1.807, 2.05) is 0 Å². The van der Waals surface area contributed by atoms with Crippen LogP contribution in [0, 0.1) is 40.9 Å². The average Bonchev–Trinajstić information content (AvgIpc) is 3.43. The Hall–Kier alpha value is -1.93. The molecule has 3 rings (SSSR count). The molecule has 0 saturated heterocycles. The van der Waals surface area contributed by atoms with Crippen molar-refractivity contribution in [1.29, 1.82) is 0 Å². The molecule has 0 bridgehead atoms. The van der Waals surface area contributed by atoms with Crippen molar-refractivity contribution in [2.45, 2.75) is 157 Å². The van der Waals surface area contributed by atoms with Crippen LogP contribution in [0.4, 0.5) is 0 Å². The molecule has 3 saturated carbocycles. The lowest BCUT2D eigenvalue weighted by Crippen LogP contribution is -2.35. The van der Waals surface area contributed by atoms with E-state index in [0.29, 0.717) is 34.9 Å². The summed E-state index contributed by atoms with van der Waals surface area (Å²) in [6.07, 6.45) is 41.5. The fraction of sp³-hybridized carbons (Fsp3) is 0.723. The number of rotatable bonds is 21. The Morgan fingerprint density at radius 1 is 0.857 bits per heavy atom. The fourth-order valence-electron chi connectivity index (χ4n) is 9.03. The number of Topliss-reactive ketones (excluding diaryl/α,β-unsaturated/α-hetero) is 1. The minimum absolute atomic E-state index is 0.192. The third-order valence-corrected chi connectivity index (χ3v) is 12.7. The van der Waals surface area contributed by atoms with Crippen molar-refractivity contribution in [2.75, 3.05) is 20.6 Å². The van der Waals surface area contributed by atoms with Gasteiger partial charge >= 0.3 is 0 Å². The zero-order valence-corrected chi connectivity index (χ0v) is 33.3. The predicted molar refractivity (Wildman–Crippen MR) is 216 cm³/mol. The van der Waals surface area contributed by atoms with E-state index in [0.717, 1.165) is 50.9 Å². The molecule has 2 heteroatoms. The summed E-state index contributed by atoms with van der Waals surface area (Å²) in [7, 11) is 4.30. The number of carbonyl (C=O) groups excluding carboxylic acids is 1. The lowest BCUT2D eigenvalue weighted by molar-refractivity contribution is -0.123. The van der Waals surface area contributed by atoms with E-state index in [9.17, 15) is 4.79 Å². The SMILES string of the molecule is C=C1CC[C@H](C(=O)CCCCCC/C=C/C/C=C\CCCCCN(C)C)C/C1=C\C=C1/CCC[C@@]2(C)C1CC[C@@H]2[C@H](C)/C=C/[C@H](C)C(C)C.